The first-order valence-electron chi connectivity index (χ1n) is 20.7. The second-order valence-corrected chi connectivity index (χ2v) is 14.3. The number of halogens is 5. The van der Waals surface area contributed by atoms with E-state index in [0.717, 1.165) is 56.1 Å². The van der Waals surface area contributed by atoms with Crippen LogP contribution in [0.4, 0.5) is 17.6 Å². The molecule has 0 spiro atoms. The van der Waals surface area contributed by atoms with Crippen molar-refractivity contribution in [2.24, 2.45) is 0 Å². The van der Waals surface area contributed by atoms with E-state index < -0.39 is 34.8 Å². The predicted molar refractivity (Wildman–Crippen MR) is 236 cm³/mol. The van der Waals surface area contributed by atoms with Gasteiger partial charge in [-0.05, 0) is 54.9 Å². The van der Waals surface area contributed by atoms with E-state index in [-0.39, 0.29) is 58.2 Å². The number of rotatable bonds is 17. The second-order valence-electron chi connectivity index (χ2n) is 14.3. The molecule has 328 valence electrons. The molecular weight excluding hydrogens is 1010 g/mol. The molecule has 0 amide bonds. The molecule has 4 heterocycles. The number of aromatic nitrogens is 5. The fraction of sp³-hybridized carbons (Fsp3) is 0.260. The van der Waals surface area contributed by atoms with E-state index >= 15 is 17.6 Å². The zero-order chi connectivity index (χ0) is 45.0. The van der Waals surface area contributed by atoms with E-state index in [1.807, 2.05) is 30.3 Å². The molecule has 0 radical (unpaired) electrons. The first-order valence-corrected chi connectivity index (χ1v) is 23.7. The van der Waals surface area contributed by atoms with Crippen molar-refractivity contribution in [3.05, 3.63) is 151 Å². The number of aryl methyl sites for hydroxylation is 1. The van der Waals surface area contributed by atoms with Crippen molar-refractivity contribution in [3.8, 4) is 67.8 Å². The average molecular weight is 1050 g/mol. The summed E-state index contributed by atoms with van der Waals surface area (Å²) in [6.07, 6.45) is 12.8. The molecule has 0 atom stereocenters. The molecule has 7 aromatic rings. The van der Waals surface area contributed by atoms with Crippen LogP contribution in [0.15, 0.2) is 110 Å². The molecule has 0 fully saturated rings. The van der Waals surface area contributed by atoms with Crippen molar-refractivity contribution in [2.75, 3.05) is 13.2 Å². The number of benzene rings is 3. The van der Waals surface area contributed by atoms with E-state index in [1.54, 1.807) is 42.6 Å². The molecule has 0 unspecified atom stereocenters. The monoisotopic (exact) mass is 1050 g/mol. The number of nitrogens with zero attached hydrogens (tertiary/aromatic N) is 5. The summed E-state index contributed by atoms with van der Waals surface area (Å²) in [6, 6.07) is 30.5. The van der Waals surface area contributed by atoms with E-state index in [4.69, 9.17) is 9.47 Å². The van der Waals surface area contributed by atoms with Gasteiger partial charge in [-0.15, -0.1) is 41.5 Å². The minimum absolute atomic E-state index is 0.00597. The van der Waals surface area contributed by atoms with Gasteiger partial charge in [-0.3, -0.25) is 15.0 Å². The summed E-state index contributed by atoms with van der Waals surface area (Å²) in [6.45, 7) is 6.40. The predicted octanol–water partition coefficient (Wildman–Crippen LogP) is 13.8. The van der Waals surface area contributed by atoms with Crippen LogP contribution in [0.1, 0.15) is 70.8 Å². The van der Waals surface area contributed by atoms with Crippen LogP contribution in [0, 0.1) is 42.3 Å². The molecule has 0 aliphatic heterocycles. The van der Waals surface area contributed by atoms with Crippen molar-refractivity contribution >= 4 is 9.58 Å². The van der Waals surface area contributed by atoms with Crippen molar-refractivity contribution < 1.29 is 44.9 Å². The summed E-state index contributed by atoms with van der Waals surface area (Å²) in [7, 11) is 4.64. The van der Waals surface area contributed by atoms with Gasteiger partial charge in [0.05, 0.1) is 24.6 Å². The quantitative estimate of drug-likeness (QED) is 0.0510. The summed E-state index contributed by atoms with van der Waals surface area (Å²) < 4.78 is 75.1. The molecule has 13 heteroatoms. The summed E-state index contributed by atoms with van der Waals surface area (Å²) in [5, 5.41) is 0. The van der Waals surface area contributed by atoms with Gasteiger partial charge in [-0.25, -0.2) is 22.5 Å². The van der Waals surface area contributed by atoms with E-state index in [2.05, 4.69) is 73.5 Å². The molecule has 4 aromatic heterocycles. The fourth-order valence-corrected chi connectivity index (χ4v) is 6.41. The Morgan fingerprint density at radius 2 is 1.05 bits per heavy atom. The van der Waals surface area contributed by atoms with E-state index in [0.29, 0.717) is 12.8 Å². The van der Waals surface area contributed by atoms with E-state index in [9.17, 15) is 0 Å². The van der Waals surface area contributed by atoms with Crippen LogP contribution >= 0.6 is 9.58 Å². The number of pyridine rings is 3. The molecule has 0 bridgehead atoms. The fourth-order valence-electron chi connectivity index (χ4n) is 6.41. The molecule has 0 saturated heterocycles. The van der Waals surface area contributed by atoms with Crippen LogP contribution in [0.3, 0.4) is 0 Å². The maximum atomic E-state index is 16.1. The summed E-state index contributed by atoms with van der Waals surface area (Å²) >= 11 is 1.47. The van der Waals surface area contributed by atoms with Crippen molar-refractivity contribution in [1.29, 1.82) is 0 Å². The minimum atomic E-state index is -1.02. The first-order chi connectivity index (χ1) is 30.8. The Labute approximate surface area is 381 Å². The Kier molecular flexibility index (Phi) is 19.6. The van der Waals surface area contributed by atoms with Crippen LogP contribution in [-0.2, 0) is 17.9 Å². The van der Waals surface area contributed by atoms with Gasteiger partial charge < -0.3 is 14.5 Å². The molecule has 63 heavy (non-hydrogen) atoms. The Balaban J connectivity index is 0.000000420. The zero-order valence-electron chi connectivity index (χ0n) is 35.2. The molecule has 7 rings (SSSR count). The van der Waals surface area contributed by atoms with Crippen LogP contribution in [-0.4, -0.2) is 38.1 Å². The van der Waals surface area contributed by atoms with Crippen LogP contribution in [0.5, 0.6) is 11.5 Å². The van der Waals surface area contributed by atoms with Crippen LogP contribution in [0.2, 0.25) is 0 Å². The van der Waals surface area contributed by atoms with Gasteiger partial charge in [-0.1, -0.05) is 101 Å². The number of hydrogen-bond acceptors (Lipinski definition) is 7. The molecule has 3 aromatic carbocycles. The molecular formula is C50H47ClF4IrN5O2. The van der Waals surface area contributed by atoms with Gasteiger partial charge in [0, 0.05) is 41.1 Å². The first kappa shape index (κ1) is 48.5. The number of unbranched alkanes of at least 4 members (excludes halogenated alkanes) is 6. The molecule has 7 nitrogen and oxygen atoms in total. The summed E-state index contributed by atoms with van der Waals surface area (Å²) in [5.41, 5.74) is 3.29. The average Bonchev–Trinajstić information content (AvgIpc) is 3.33. The molecule has 0 N–H and O–H groups in total. The molecule has 0 aliphatic rings. The summed E-state index contributed by atoms with van der Waals surface area (Å²) in [5.74, 6) is -4.95. The van der Waals surface area contributed by atoms with Crippen molar-refractivity contribution in [3.63, 3.8) is 0 Å². The van der Waals surface area contributed by atoms with Gasteiger partial charge in [0.1, 0.15) is 23.7 Å². The van der Waals surface area contributed by atoms with Crippen LogP contribution in [0.25, 0.3) is 56.3 Å². The van der Waals surface area contributed by atoms with Gasteiger partial charge in [0.2, 0.25) is 0 Å². The Hall–Kier alpha value is -5.55. The Morgan fingerprint density at radius 1 is 0.540 bits per heavy atom. The topological polar surface area (TPSA) is 82.9 Å². The zero-order valence-corrected chi connectivity index (χ0v) is 38.4. The molecule has 0 saturated carbocycles. The second kappa shape index (κ2) is 25.5. The SMILES string of the molecule is CCCCCCOc1c(F)c(-c2ccccn2)[c-]c(-c2cc(-c3cc(-c4ccccn4)c(F)c(OCCCCCC)c3F)ncn2)c1F.Cc1c[c-]c(-c2ccccn2)cc1.[Cl][Ir+2]. The van der Waals surface area contributed by atoms with Crippen LogP contribution < -0.4 is 9.47 Å². The Morgan fingerprint density at radius 3 is 1.57 bits per heavy atom. The maximum absolute atomic E-state index is 16.1. The summed E-state index contributed by atoms with van der Waals surface area (Å²) in [4.78, 5) is 21.2. The number of ether oxygens (including phenoxy) is 2. The third-order valence-corrected chi connectivity index (χ3v) is 9.71. The van der Waals surface area contributed by atoms with Gasteiger partial charge >= 0.3 is 27.5 Å². The van der Waals surface area contributed by atoms with Gasteiger partial charge in [-0.2, -0.15) is 0 Å². The third kappa shape index (κ3) is 13.2. The van der Waals surface area contributed by atoms with Crippen molar-refractivity contribution in [2.45, 2.75) is 72.1 Å². The van der Waals surface area contributed by atoms with E-state index in [1.165, 1.54) is 48.0 Å². The molecule has 0 aliphatic carbocycles. The van der Waals surface area contributed by atoms with Crippen molar-refractivity contribution in [1.82, 2.24) is 24.9 Å². The standard InChI is InChI=1S/C38H37F4N4O2.C12H10N.ClH.Ir/c1-3-5-7-13-19-47-37-33(39)25(29-15-9-11-17-43-29)21-27(35(37)41)31-23-32(46-24-45-31)28-22-26(30-16-10-12-18-44-30)34(40)38(36(28)42)48-20-14-8-6-4-2;1-10-5-7-11(8-6-10)12-4-2-3-9-13-12;;/h9-12,15-18,21,23-24H,3-8,13-14,19-20H2,1-2H3;2-7,9H,1H3;1H;/q2*-1;;+3/p-1. The number of hydrogen-bond donors (Lipinski definition) is 0. The van der Waals surface area contributed by atoms with Gasteiger partial charge in [0.25, 0.3) is 0 Å². The normalized spacial score (nSPS) is 10.6. The van der Waals surface area contributed by atoms with Gasteiger partial charge in [0.15, 0.2) is 17.4 Å². The third-order valence-electron chi connectivity index (χ3n) is 9.71. The Bertz CT molecular complexity index is 2340.